The predicted molar refractivity (Wildman–Crippen MR) is 162 cm³/mol. The van der Waals surface area contributed by atoms with Crippen LogP contribution in [0.25, 0.3) is 16.7 Å². The summed E-state index contributed by atoms with van der Waals surface area (Å²) >= 11 is 0. The van der Waals surface area contributed by atoms with E-state index < -0.39 is 5.60 Å². The molecule has 2 unspecified atom stereocenters. The Morgan fingerprint density at radius 3 is 2.56 bits per heavy atom. The Labute approximate surface area is 248 Å². The monoisotopic (exact) mass is 579 g/mol. The Morgan fingerprint density at radius 1 is 0.977 bits per heavy atom. The highest BCUT2D eigenvalue weighted by atomic mass is 16.6. The molecular weight excluding hydrogens is 546 g/mol. The van der Waals surface area contributed by atoms with Gasteiger partial charge >= 0.3 is 6.09 Å². The van der Waals surface area contributed by atoms with E-state index in [1.54, 1.807) is 4.52 Å². The van der Waals surface area contributed by atoms with Crippen molar-refractivity contribution in [1.29, 1.82) is 0 Å². The maximum atomic E-state index is 12.9. The molecule has 7 rings (SSSR count). The number of rotatable bonds is 5. The molecule has 12 nitrogen and oxygen atoms in total. The molecule has 4 aromatic heterocycles. The zero-order valence-electron chi connectivity index (χ0n) is 24.6. The molecule has 0 aliphatic carbocycles. The lowest BCUT2D eigenvalue weighted by molar-refractivity contribution is 0.0122. The van der Waals surface area contributed by atoms with E-state index in [0.717, 1.165) is 41.2 Å². The van der Waals surface area contributed by atoms with Crippen LogP contribution in [0.1, 0.15) is 39.2 Å². The number of ether oxygens (including phenoxy) is 2. The lowest BCUT2D eigenvalue weighted by atomic mass is 10.2. The van der Waals surface area contributed by atoms with Gasteiger partial charge < -0.3 is 19.7 Å². The standard InChI is InChI=1S/C31H33N9O3/c1-19-13-20(5-9-25(19)42-23-11-12-39-27(14-23)33-18-35-39)36-29-28-24(32-17-34-29)8-10-26(37-28)38-15-21-6-7-22(16-38)40(21)30(41)43-31(2,3)4/h5,8-14,17-18,21-22H,6-7,15-16H2,1-4H3,(H,32,34,36). The number of anilines is 3. The number of carbonyl (C=O) groups excluding carboxylic acids is 1. The molecule has 0 spiro atoms. The summed E-state index contributed by atoms with van der Waals surface area (Å²) in [6.07, 6.45) is 6.55. The first-order valence-corrected chi connectivity index (χ1v) is 14.4. The molecule has 0 saturated carbocycles. The Balaban J connectivity index is 1.09. The molecule has 2 aliphatic rings. The molecule has 0 radical (unpaired) electrons. The van der Waals surface area contributed by atoms with Gasteiger partial charge in [-0.3, -0.25) is 4.90 Å². The third-order valence-electron chi connectivity index (χ3n) is 7.80. The van der Waals surface area contributed by atoms with E-state index in [4.69, 9.17) is 14.5 Å². The Kier molecular flexibility index (Phi) is 6.48. The van der Waals surface area contributed by atoms with Crippen LogP contribution in [0.2, 0.25) is 0 Å². The SMILES string of the molecule is Cc1cc(Nc2ncnc3ccc(N4CC5CCC(C4)N5C(=O)OC(C)(C)C)nc23)ccc1Oc1ccn2ncnc2c1. The van der Waals surface area contributed by atoms with Crippen molar-refractivity contribution < 1.29 is 14.3 Å². The molecule has 1 N–H and O–H groups in total. The molecule has 5 aromatic rings. The summed E-state index contributed by atoms with van der Waals surface area (Å²) in [7, 11) is 0. The second-order valence-electron chi connectivity index (χ2n) is 12.1. The zero-order valence-corrected chi connectivity index (χ0v) is 24.6. The fraction of sp³-hybridized carbons (Fsp3) is 0.355. The summed E-state index contributed by atoms with van der Waals surface area (Å²) in [5.41, 5.74) is 3.44. The Bertz CT molecular complexity index is 1820. The molecule has 1 amide bonds. The number of hydrogen-bond acceptors (Lipinski definition) is 10. The maximum absolute atomic E-state index is 12.9. The number of piperazine rings is 1. The van der Waals surface area contributed by atoms with Gasteiger partial charge in [0.15, 0.2) is 11.5 Å². The van der Waals surface area contributed by atoms with Crippen LogP contribution < -0.4 is 15.0 Å². The zero-order chi connectivity index (χ0) is 29.7. The first-order chi connectivity index (χ1) is 20.7. The van der Waals surface area contributed by atoms with Crippen molar-refractivity contribution in [3.05, 3.63) is 66.9 Å². The number of hydrogen-bond donors (Lipinski definition) is 1. The van der Waals surface area contributed by atoms with E-state index in [2.05, 4.69) is 30.3 Å². The number of nitrogens with zero attached hydrogens (tertiary/aromatic N) is 8. The van der Waals surface area contributed by atoms with E-state index >= 15 is 0 Å². The molecule has 2 atom stereocenters. The van der Waals surface area contributed by atoms with Crippen LogP contribution in [0, 0.1) is 6.92 Å². The average molecular weight is 580 g/mol. The predicted octanol–water partition coefficient (Wildman–Crippen LogP) is 5.50. The number of carbonyl (C=O) groups is 1. The number of aryl methyl sites for hydroxylation is 1. The van der Waals surface area contributed by atoms with Gasteiger partial charge in [-0.05, 0) is 82.5 Å². The molecule has 43 heavy (non-hydrogen) atoms. The van der Waals surface area contributed by atoms with Crippen molar-refractivity contribution in [3.8, 4) is 11.5 Å². The van der Waals surface area contributed by atoms with Gasteiger partial charge in [0.05, 0.1) is 17.6 Å². The molecule has 2 aliphatic heterocycles. The Morgan fingerprint density at radius 2 is 1.79 bits per heavy atom. The van der Waals surface area contributed by atoms with Crippen LogP contribution in [0.4, 0.5) is 22.1 Å². The van der Waals surface area contributed by atoms with E-state index in [1.165, 1.54) is 12.7 Å². The number of benzene rings is 1. The first-order valence-electron chi connectivity index (χ1n) is 14.4. The first kappa shape index (κ1) is 26.9. The minimum atomic E-state index is -0.517. The van der Waals surface area contributed by atoms with Crippen LogP contribution in [0.15, 0.2) is 61.3 Å². The van der Waals surface area contributed by atoms with Gasteiger partial charge in [0.2, 0.25) is 0 Å². The van der Waals surface area contributed by atoms with Crippen molar-refractivity contribution in [2.24, 2.45) is 0 Å². The second kappa shape index (κ2) is 10.4. The summed E-state index contributed by atoms with van der Waals surface area (Å²) in [6, 6.07) is 13.7. The van der Waals surface area contributed by atoms with Gasteiger partial charge in [-0.1, -0.05) is 0 Å². The van der Waals surface area contributed by atoms with Crippen molar-refractivity contribution in [1.82, 2.24) is 34.4 Å². The second-order valence-corrected chi connectivity index (χ2v) is 12.1. The third kappa shape index (κ3) is 5.36. The number of aromatic nitrogens is 6. The quantitative estimate of drug-likeness (QED) is 0.285. The number of nitrogens with one attached hydrogen (secondary N) is 1. The number of pyridine rings is 2. The van der Waals surface area contributed by atoms with Gasteiger partial charge in [-0.2, -0.15) is 5.10 Å². The lowest BCUT2D eigenvalue weighted by Gasteiger charge is -2.41. The van der Waals surface area contributed by atoms with Gasteiger partial charge in [0.25, 0.3) is 0 Å². The summed E-state index contributed by atoms with van der Waals surface area (Å²) in [5.74, 6) is 2.88. The highest BCUT2D eigenvalue weighted by Crippen LogP contribution is 2.35. The van der Waals surface area contributed by atoms with Crippen molar-refractivity contribution in [2.45, 2.75) is 58.2 Å². The topological polar surface area (TPSA) is 123 Å². The van der Waals surface area contributed by atoms with Crippen LogP contribution in [-0.2, 0) is 4.74 Å². The van der Waals surface area contributed by atoms with Crippen LogP contribution >= 0.6 is 0 Å². The largest absolute Gasteiger partial charge is 0.457 e. The van der Waals surface area contributed by atoms with E-state index in [0.29, 0.717) is 35.8 Å². The fourth-order valence-electron chi connectivity index (χ4n) is 5.87. The third-order valence-corrected chi connectivity index (χ3v) is 7.80. The summed E-state index contributed by atoms with van der Waals surface area (Å²) in [6.45, 7) is 9.11. The highest BCUT2D eigenvalue weighted by Gasteiger charge is 2.44. The summed E-state index contributed by atoms with van der Waals surface area (Å²) in [4.78, 5) is 35.3. The number of amides is 1. The molecule has 1 aromatic carbocycles. The Hall–Kier alpha value is -5.00. The van der Waals surface area contributed by atoms with Crippen molar-refractivity contribution >= 4 is 40.1 Å². The lowest BCUT2D eigenvalue weighted by Crippen LogP contribution is -2.57. The molecule has 2 saturated heterocycles. The van der Waals surface area contributed by atoms with Gasteiger partial charge in [0.1, 0.15) is 41.1 Å². The van der Waals surface area contributed by atoms with Crippen LogP contribution in [0.5, 0.6) is 11.5 Å². The molecule has 12 heteroatoms. The summed E-state index contributed by atoms with van der Waals surface area (Å²) < 4.78 is 13.5. The smallest absolute Gasteiger partial charge is 0.410 e. The van der Waals surface area contributed by atoms with Gasteiger partial charge in [-0.25, -0.2) is 29.2 Å². The molecule has 6 heterocycles. The maximum Gasteiger partial charge on any atom is 0.410 e. The minimum absolute atomic E-state index is 0.0951. The molecule has 2 bridgehead atoms. The normalized spacial score (nSPS) is 18.3. The van der Waals surface area contributed by atoms with E-state index in [-0.39, 0.29) is 18.2 Å². The molecule has 220 valence electrons. The van der Waals surface area contributed by atoms with Gasteiger partial charge in [-0.15, -0.1) is 0 Å². The summed E-state index contributed by atoms with van der Waals surface area (Å²) in [5, 5.41) is 7.55. The van der Waals surface area contributed by atoms with Gasteiger partial charge in [0, 0.05) is 31.0 Å². The number of fused-ring (bicyclic) bond motifs is 4. The molecule has 2 fully saturated rings. The van der Waals surface area contributed by atoms with Crippen LogP contribution in [0.3, 0.4) is 0 Å². The van der Waals surface area contributed by atoms with Crippen molar-refractivity contribution in [3.63, 3.8) is 0 Å². The molecular formula is C31H33N9O3. The average Bonchev–Trinajstić information content (AvgIpc) is 3.54. The van der Waals surface area contributed by atoms with E-state index in [9.17, 15) is 4.79 Å². The highest BCUT2D eigenvalue weighted by molar-refractivity contribution is 5.88. The minimum Gasteiger partial charge on any atom is -0.457 e. The van der Waals surface area contributed by atoms with Crippen molar-refractivity contribution in [2.75, 3.05) is 23.3 Å². The van der Waals surface area contributed by atoms with E-state index in [1.807, 2.05) is 81.3 Å². The van der Waals surface area contributed by atoms with Crippen LogP contribution in [-0.4, -0.2) is 71.3 Å². The fourth-order valence-corrected chi connectivity index (χ4v) is 5.87.